The van der Waals surface area contributed by atoms with Crippen LogP contribution < -0.4 is 0 Å². The average Bonchev–Trinajstić information content (AvgIpc) is 2.97. The van der Waals surface area contributed by atoms with Crippen LogP contribution in [0.25, 0.3) is 0 Å². The van der Waals surface area contributed by atoms with Crippen LogP contribution in [0.3, 0.4) is 0 Å². The largest absolute Gasteiger partial charge is 0.373 e. The van der Waals surface area contributed by atoms with Gasteiger partial charge in [-0.1, -0.05) is 30.3 Å². The van der Waals surface area contributed by atoms with Crippen molar-refractivity contribution in [1.29, 1.82) is 0 Å². The zero-order valence-electron chi connectivity index (χ0n) is 16.8. The Kier molecular flexibility index (Phi) is 6.29. The van der Waals surface area contributed by atoms with Crippen LogP contribution in [0.2, 0.25) is 0 Å². The zero-order chi connectivity index (χ0) is 19.4. The lowest BCUT2D eigenvalue weighted by Crippen LogP contribution is -2.51. The smallest absolute Gasteiger partial charge is 0.225 e. The molecule has 1 aliphatic rings. The Morgan fingerprint density at radius 1 is 1.26 bits per heavy atom. The molecular weight excluding hydrogens is 340 g/mol. The number of hydrogen-bond acceptors (Lipinski definition) is 4. The summed E-state index contributed by atoms with van der Waals surface area (Å²) in [6, 6.07) is 12.2. The van der Waals surface area contributed by atoms with E-state index in [2.05, 4.69) is 22.1 Å². The minimum Gasteiger partial charge on any atom is -0.373 e. The number of aryl methyl sites for hydroxylation is 3. The molecule has 0 saturated carbocycles. The van der Waals surface area contributed by atoms with Gasteiger partial charge in [0.05, 0.1) is 24.4 Å². The van der Waals surface area contributed by atoms with Gasteiger partial charge >= 0.3 is 0 Å². The first kappa shape index (κ1) is 19.6. The van der Waals surface area contributed by atoms with Crippen LogP contribution in [0.5, 0.6) is 0 Å². The maximum absolute atomic E-state index is 13.1. The van der Waals surface area contributed by atoms with Gasteiger partial charge < -0.3 is 14.5 Å². The van der Waals surface area contributed by atoms with E-state index in [1.807, 2.05) is 61.8 Å². The van der Waals surface area contributed by atoms with Gasteiger partial charge in [0.25, 0.3) is 0 Å². The van der Waals surface area contributed by atoms with Crippen molar-refractivity contribution >= 4 is 5.91 Å². The maximum Gasteiger partial charge on any atom is 0.225 e. The summed E-state index contributed by atoms with van der Waals surface area (Å²) in [7, 11) is 4.07. The van der Waals surface area contributed by atoms with Crippen molar-refractivity contribution in [2.24, 2.45) is 0 Å². The number of ether oxygens (including phenoxy) is 1. The van der Waals surface area contributed by atoms with Crippen LogP contribution in [0, 0.1) is 13.8 Å². The molecule has 1 aromatic carbocycles. The van der Waals surface area contributed by atoms with Gasteiger partial charge in [-0.2, -0.15) is 5.10 Å². The van der Waals surface area contributed by atoms with Crippen molar-refractivity contribution in [3.63, 3.8) is 0 Å². The zero-order valence-corrected chi connectivity index (χ0v) is 16.8. The molecule has 3 rings (SSSR count). The fourth-order valence-electron chi connectivity index (χ4n) is 3.82. The number of amides is 1. The normalized spacial score (nSPS) is 20.3. The van der Waals surface area contributed by atoms with E-state index in [-0.39, 0.29) is 18.1 Å². The van der Waals surface area contributed by atoms with Gasteiger partial charge in [0.15, 0.2) is 0 Å². The van der Waals surface area contributed by atoms with Gasteiger partial charge in [0.1, 0.15) is 0 Å². The lowest BCUT2D eigenvalue weighted by molar-refractivity contribution is -0.148. The van der Waals surface area contributed by atoms with Crippen molar-refractivity contribution in [2.75, 3.05) is 33.8 Å². The number of likely N-dealkylation sites (N-methyl/N-ethyl adjacent to an activating group) is 1. The first-order valence-corrected chi connectivity index (χ1v) is 9.57. The molecule has 6 heteroatoms. The van der Waals surface area contributed by atoms with E-state index in [4.69, 9.17) is 4.74 Å². The Labute approximate surface area is 161 Å². The van der Waals surface area contributed by atoms with Gasteiger partial charge in [-0.25, -0.2) is 0 Å². The number of rotatable bonds is 6. The summed E-state index contributed by atoms with van der Waals surface area (Å²) in [6.45, 7) is 6.59. The molecule has 2 heterocycles. The summed E-state index contributed by atoms with van der Waals surface area (Å²) >= 11 is 0. The molecule has 0 spiro atoms. The quantitative estimate of drug-likeness (QED) is 0.784. The fourth-order valence-corrected chi connectivity index (χ4v) is 3.82. The third kappa shape index (κ3) is 4.76. The van der Waals surface area contributed by atoms with E-state index in [1.165, 1.54) is 0 Å². The standard InChI is InChI=1S/C21H30N4O2/c1-16-14-17(2)25(22-16)11-10-20(26)24-12-13-27-19(15-23(3)4)21(24)18-8-6-5-7-9-18/h5-9,14,19,21H,10-13,15H2,1-4H3/t19-,21-/m0/s1. The number of aromatic nitrogens is 2. The predicted molar refractivity (Wildman–Crippen MR) is 106 cm³/mol. The second-order valence-electron chi connectivity index (χ2n) is 7.51. The highest BCUT2D eigenvalue weighted by molar-refractivity contribution is 5.77. The molecule has 1 saturated heterocycles. The summed E-state index contributed by atoms with van der Waals surface area (Å²) < 4.78 is 7.99. The number of carbonyl (C=O) groups excluding carboxylic acids is 1. The Bertz CT molecular complexity index is 757. The minimum atomic E-state index is -0.0599. The summed E-state index contributed by atoms with van der Waals surface area (Å²) in [5, 5.41) is 4.47. The van der Waals surface area contributed by atoms with Crippen molar-refractivity contribution < 1.29 is 9.53 Å². The highest BCUT2D eigenvalue weighted by Crippen LogP contribution is 2.30. The molecular formula is C21H30N4O2. The molecule has 1 amide bonds. The van der Waals surface area contributed by atoms with Gasteiger partial charge in [-0.15, -0.1) is 0 Å². The Hall–Kier alpha value is -2.18. The predicted octanol–water partition coefficient (Wildman–Crippen LogP) is 2.42. The fraction of sp³-hybridized carbons (Fsp3) is 0.524. The molecule has 0 N–H and O–H groups in total. The highest BCUT2D eigenvalue weighted by atomic mass is 16.5. The Morgan fingerprint density at radius 3 is 2.63 bits per heavy atom. The first-order chi connectivity index (χ1) is 13.0. The summed E-state index contributed by atoms with van der Waals surface area (Å²) in [5.41, 5.74) is 3.20. The van der Waals surface area contributed by atoms with Crippen LogP contribution >= 0.6 is 0 Å². The summed E-state index contributed by atoms with van der Waals surface area (Å²) in [6.07, 6.45) is 0.411. The Morgan fingerprint density at radius 2 is 2.00 bits per heavy atom. The molecule has 0 unspecified atom stereocenters. The number of carbonyl (C=O) groups is 1. The van der Waals surface area contributed by atoms with Crippen molar-refractivity contribution in [3.05, 3.63) is 53.3 Å². The number of morpholine rings is 1. The highest BCUT2D eigenvalue weighted by Gasteiger charge is 2.36. The molecule has 1 aromatic heterocycles. The van der Waals surface area contributed by atoms with Gasteiger partial charge in [0.2, 0.25) is 5.91 Å². The topological polar surface area (TPSA) is 50.6 Å². The molecule has 0 radical (unpaired) electrons. The number of benzene rings is 1. The van der Waals surface area contributed by atoms with E-state index >= 15 is 0 Å². The molecule has 146 valence electrons. The lowest BCUT2D eigenvalue weighted by atomic mass is 9.97. The molecule has 2 aromatic rings. The van der Waals surface area contributed by atoms with Gasteiger partial charge in [-0.05, 0) is 39.6 Å². The molecule has 0 bridgehead atoms. The SMILES string of the molecule is Cc1cc(C)n(CCC(=O)N2CCO[C@@H](CN(C)C)[C@@H]2c2ccccc2)n1. The summed E-state index contributed by atoms with van der Waals surface area (Å²) in [5.74, 6) is 0.156. The minimum absolute atomic E-state index is 0.0335. The molecule has 6 nitrogen and oxygen atoms in total. The van der Waals surface area contributed by atoms with E-state index in [9.17, 15) is 4.79 Å². The third-order valence-corrected chi connectivity index (χ3v) is 5.00. The van der Waals surface area contributed by atoms with Crippen molar-refractivity contribution in [3.8, 4) is 0 Å². The summed E-state index contributed by atoms with van der Waals surface area (Å²) in [4.78, 5) is 17.2. The van der Waals surface area contributed by atoms with Crippen LogP contribution in [0.15, 0.2) is 36.4 Å². The molecule has 1 aliphatic heterocycles. The average molecular weight is 370 g/mol. The first-order valence-electron chi connectivity index (χ1n) is 9.57. The molecule has 2 atom stereocenters. The molecule has 0 aliphatic carbocycles. The number of nitrogens with zero attached hydrogens (tertiary/aromatic N) is 4. The second-order valence-corrected chi connectivity index (χ2v) is 7.51. The van der Waals surface area contributed by atoms with Crippen LogP contribution in [0.1, 0.15) is 29.4 Å². The van der Waals surface area contributed by atoms with Crippen molar-refractivity contribution in [2.45, 2.75) is 39.0 Å². The van der Waals surface area contributed by atoms with Crippen LogP contribution in [-0.4, -0.2) is 65.4 Å². The van der Waals surface area contributed by atoms with Crippen molar-refractivity contribution in [1.82, 2.24) is 19.6 Å². The molecule has 1 fully saturated rings. The van der Waals surface area contributed by atoms with Crippen LogP contribution in [-0.2, 0) is 16.1 Å². The Balaban J connectivity index is 1.77. The lowest BCUT2D eigenvalue weighted by Gasteiger charge is -2.42. The monoisotopic (exact) mass is 370 g/mol. The maximum atomic E-state index is 13.1. The number of hydrogen-bond donors (Lipinski definition) is 0. The van der Waals surface area contributed by atoms with Crippen LogP contribution in [0.4, 0.5) is 0 Å². The van der Waals surface area contributed by atoms with Gasteiger partial charge in [0, 0.05) is 31.7 Å². The second kappa shape index (κ2) is 8.67. The van der Waals surface area contributed by atoms with E-state index in [0.717, 1.165) is 23.5 Å². The van der Waals surface area contributed by atoms with E-state index < -0.39 is 0 Å². The van der Waals surface area contributed by atoms with Gasteiger partial charge in [-0.3, -0.25) is 9.48 Å². The van der Waals surface area contributed by atoms with E-state index in [1.54, 1.807) is 0 Å². The van der Waals surface area contributed by atoms with E-state index in [0.29, 0.717) is 26.1 Å². The third-order valence-electron chi connectivity index (χ3n) is 5.00. The molecule has 27 heavy (non-hydrogen) atoms.